The monoisotopic (exact) mass is 848 g/mol. The second-order valence-electron chi connectivity index (χ2n) is 14.9. The molecule has 54 heavy (non-hydrogen) atoms. The molecule has 2 aromatic heterocycles. The van der Waals surface area contributed by atoms with Crippen molar-refractivity contribution in [3.05, 3.63) is 156 Å². The van der Waals surface area contributed by atoms with Crippen molar-refractivity contribution in [2.24, 2.45) is 0 Å². The fraction of sp³-hybridized carbons (Fsp3) is 0.400. The number of fused-ring (bicyclic) bond motifs is 2. The van der Waals surface area contributed by atoms with Crippen molar-refractivity contribution in [2.75, 3.05) is 10.7 Å². The van der Waals surface area contributed by atoms with Gasteiger partial charge in [0.05, 0.1) is 0 Å². The molecule has 0 N–H and O–H groups in total. The van der Waals surface area contributed by atoms with E-state index in [2.05, 4.69) is 175 Å². The highest BCUT2D eigenvalue weighted by molar-refractivity contribution is 9.09. The lowest BCUT2D eigenvalue weighted by atomic mass is 10.0. The number of nitrogens with zero attached hydrogens (tertiary/aromatic N) is 2. The molecule has 0 spiro atoms. The number of aromatic nitrogens is 2. The molecule has 0 fully saturated rings. The van der Waals surface area contributed by atoms with Crippen LogP contribution >= 0.6 is 31.9 Å². The van der Waals surface area contributed by atoms with Gasteiger partial charge in [0, 0.05) is 46.4 Å². The van der Waals surface area contributed by atoms with Gasteiger partial charge in [0.2, 0.25) is 0 Å². The topological polar surface area (TPSA) is 7.76 Å². The van der Waals surface area contributed by atoms with Crippen LogP contribution in [-0.2, 0) is 38.8 Å². The minimum Gasteiger partial charge on any atom is -0.205 e. The minimum absolute atomic E-state index is 1.10. The number of pyridine rings is 2. The molecule has 6 aromatic rings. The molecule has 0 aliphatic carbocycles. The second-order valence-corrected chi connectivity index (χ2v) is 16.5. The van der Waals surface area contributed by atoms with Crippen molar-refractivity contribution in [3.8, 4) is 0 Å². The number of alkyl halides is 2. The zero-order valence-corrected chi connectivity index (χ0v) is 35.7. The minimum atomic E-state index is 1.10. The number of rotatable bonds is 22. The summed E-state index contributed by atoms with van der Waals surface area (Å²) in [4.78, 5) is 0. The summed E-state index contributed by atoms with van der Waals surface area (Å²) in [5, 5.41) is 7.56. The van der Waals surface area contributed by atoms with Crippen LogP contribution in [0.3, 0.4) is 0 Å². The first-order valence-corrected chi connectivity index (χ1v) is 23.0. The Labute approximate surface area is 343 Å². The van der Waals surface area contributed by atoms with E-state index in [1.807, 2.05) is 0 Å². The normalized spacial score (nSPS) is 11.1. The third-order valence-electron chi connectivity index (χ3n) is 10.4. The number of halogens is 2. The maximum atomic E-state index is 3.49. The molecule has 2 heterocycles. The second kappa shape index (κ2) is 24.9. The average Bonchev–Trinajstić information content (AvgIpc) is 3.21. The van der Waals surface area contributed by atoms with Crippen LogP contribution in [0, 0.1) is 0 Å². The van der Waals surface area contributed by atoms with Crippen LogP contribution in [0.4, 0.5) is 0 Å². The van der Waals surface area contributed by atoms with Gasteiger partial charge in [0.1, 0.15) is 13.1 Å². The first kappa shape index (κ1) is 41.8. The zero-order valence-electron chi connectivity index (χ0n) is 32.5. The van der Waals surface area contributed by atoms with E-state index < -0.39 is 0 Å². The summed E-state index contributed by atoms with van der Waals surface area (Å²) in [6.45, 7) is 2.20. The molecule has 0 atom stereocenters. The summed E-state index contributed by atoms with van der Waals surface area (Å²) in [5.41, 5.74) is 6.03. The molecule has 284 valence electrons. The third kappa shape index (κ3) is 15.4. The van der Waals surface area contributed by atoms with Gasteiger partial charge in [-0.15, -0.1) is 0 Å². The predicted octanol–water partition coefficient (Wildman–Crippen LogP) is 13.3. The molecule has 4 heteroatoms. The standard InChI is InChI=1S/C34H38N2.C16H24Br2/c1(9-22-35-24-20-31-16-5-7-18-33(31)27-35)3-12-29-14-11-15-30(26-29)13-4-2-10-23-36-25-21-32-17-6-8-19-34(32)28-36;17-12-5-1-3-8-15-10-7-11-16(14-15)9-4-2-6-13-18/h5-8,11,14-21,24-28H,1-4,9-10,12-13,22-23H2;7,10-11,14H,1-6,8-9,12-13H2/q+2;. The molecule has 0 amide bonds. The first-order valence-electron chi connectivity index (χ1n) is 20.7. The fourth-order valence-corrected chi connectivity index (χ4v) is 8.11. The highest BCUT2D eigenvalue weighted by atomic mass is 79.9. The smallest absolute Gasteiger partial charge is 0.176 e. The number of aryl methyl sites for hydroxylation is 6. The van der Waals surface area contributed by atoms with Crippen molar-refractivity contribution in [2.45, 2.75) is 116 Å². The van der Waals surface area contributed by atoms with Gasteiger partial charge in [-0.1, -0.05) is 130 Å². The third-order valence-corrected chi connectivity index (χ3v) is 11.6. The van der Waals surface area contributed by atoms with Gasteiger partial charge in [-0.3, -0.25) is 0 Å². The summed E-state index contributed by atoms with van der Waals surface area (Å²) in [6, 6.07) is 40.1. The van der Waals surface area contributed by atoms with Crippen LogP contribution in [0.5, 0.6) is 0 Å². The van der Waals surface area contributed by atoms with E-state index in [1.54, 1.807) is 0 Å². The summed E-state index contributed by atoms with van der Waals surface area (Å²) in [6.07, 6.45) is 29.3. The summed E-state index contributed by atoms with van der Waals surface area (Å²) in [5.74, 6) is 0. The molecule has 0 unspecified atom stereocenters. The van der Waals surface area contributed by atoms with E-state index in [0.29, 0.717) is 0 Å². The summed E-state index contributed by atoms with van der Waals surface area (Å²) >= 11 is 6.97. The Morgan fingerprint density at radius 1 is 0.333 bits per heavy atom. The molecule has 0 radical (unpaired) electrons. The molecule has 0 saturated carbocycles. The van der Waals surface area contributed by atoms with Crippen molar-refractivity contribution in [1.82, 2.24) is 0 Å². The van der Waals surface area contributed by atoms with Crippen LogP contribution in [0.15, 0.2) is 134 Å². The Morgan fingerprint density at radius 2 is 0.685 bits per heavy atom. The van der Waals surface area contributed by atoms with Crippen molar-refractivity contribution >= 4 is 53.4 Å². The van der Waals surface area contributed by atoms with Gasteiger partial charge in [0.25, 0.3) is 0 Å². The van der Waals surface area contributed by atoms with Crippen molar-refractivity contribution < 1.29 is 9.13 Å². The molecule has 6 rings (SSSR count). The first-order chi connectivity index (χ1) is 26.7. The van der Waals surface area contributed by atoms with Gasteiger partial charge in [-0.25, -0.2) is 9.13 Å². The lowest BCUT2D eigenvalue weighted by Gasteiger charge is -2.06. The van der Waals surface area contributed by atoms with Gasteiger partial charge < -0.3 is 0 Å². The molecular formula is C50H62Br2N2+2. The number of hydrogen-bond donors (Lipinski definition) is 0. The van der Waals surface area contributed by atoms with Gasteiger partial charge >= 0.3 is 0 Å². The maximum Gasteiger partial charge on any atom is 0.176 e. The van der Waals surface area contributed by atoms with E-state index in [-0.39, 0.29) is 0 Å². The molecule has 0 bridgehead atoms. The fourth-order valence-electron chi connectivity index (χ4n) is 7.32. The Hall–Kier alpha value is -3.34. The zero-order chi connectivity index (χ0) is 37.5. The van der Waals surface area contributed by atoms with Crippen LogP contribution in [0.1, 0.15) is 99.3 Å². The molecule has 0 aliphatic heterocycles. The van der Waals surface area contributed by atoms with Crippen molar-refractivity contribution in [3.63, 3.8) is 0 Å². The predicted molar refractivity (Wildman–Crippen MR) is 239 cm³/mol. The van der Waals surface area contributed by atoms with Gasteiger partial charge in [-0.05, 0) is 122 Å². The van der Waals surface area contributed by atoms with Gasteiger partial charge in [0.15, 0.2) is 24.8 Å². The van der Waals surface area contributed by atoms with E-state index >= 15 is 0 Å². The van der Waals surface area contributed by atoms with Crippen molar-refractivity contribution in [1.29, 1.82) is 0 Å². The van der Waals surface area contributed by atoms with Crippen LogP contribution in [-0.4, -0.2) is 10.7 Å². The molecule has 2 nitrogen and oxygen atoms in total. The van der Waals surface area contributed by atoms with E-state index in [1.165, 1.54) is 147 Å². The SMILES string of the molecule is BrCCCCCc1cccc(CCCCCBr)c1.c1cc(CCCCC[n+]2ccc3ccccc3c2)cc(CCCCC[n+]2ccc3ccccc3c2)c1. The summed E-state index contributed by atoms with van der Waals surface area (Å²) in [7, 11) is 0. The Kier molecular flexibility index (Phi) is 19.3. The van der Waals surface area contributed by atoms with E-state index in [4.69, 9.17) is 0 Å². The average molecular weight is 851 g/mol. The number of benzene rings is 4. The van der Waals surface area contributed by atoms with E-state index in [0.717, 1.165) is 23.7 Å². The quantitative estimate of drug-likeness (QED) is 0.0365. The van der Waals surface area contributed by atoms with Gasteiger partial charge in [-0.2, -0.15) is 0 Å². The lowest BCUT2D eigenvalue weighted by molar-refractivity contribution is -0.696. The molecular weight excluding hydrogens is 788 g/mol. The molecule has 0 saturated heterocycles. The van der Waals surface area contributed by atoms with Crippen LogP contribution in [0.2, 0.25) is 0 Å². The highest BCUT2D eigenvalue weighted by Crippen LogP contribution is 2.16. The van der Waals surface area contributed by atoms with E-state index in [9.17, 15) is 0 Å². The molecule has 0 aliphatic rings. The lowest BCUT2D eigenvalue weighted by Crippen LogP contribution is -2.32. The summed E-state index contributed by atoms with van der Waals surface area (Å²) < 4.78 is 4.67. The Morgan fingerprint density at radius 3 is 1.06 bits per heavy atom. The maximum absolute atomic E-state index is 3.49. The Balaban J connectivity index is 0.000000263. The highest BCUT2D eigenvalue weighted by Gasteiger charge is 2.05. The Bertz CT molecular complexity index is 1800. The van der Waals surface area contributed by atoms with Crippen LogP contribution in [0.25, 0.3) is 21.5 Å². The number of hydrogen-bond acceptors (Lipinski definition) is 0. The number of unbranched alkanes of at least 4 members (excludes halogenated alkanes) is 8. The van der Waals surface area contributed by atoms with Crippen LogP contribution < -0.4 is 9.13 Å². The molecule has 4 aromatic carbocycles. The largest absolute Gasteiger partial charge is 0.205 e.